The van der Waals surface area contributed by atoms with Crippen molar-refractivity contribution in [1.82, 2.24) is 15.5 Å². The number of ether oxygens (including phenoxy) is 2. The maximum Gasteiger partial charge on any atom is 0.401 e. The Kier molecular flexibility index (Phi) is 8.28. The Hall–Kier alpha value is -2.16. The van der Waals surface area contributed by atoms with E-state index in [0.717, 1.165) is 24.2 Å². The largest absolute Gasteiger partial charge is 0.493 e. The summed E-state index contributed by atoms with van der Waals surface area (Å²) in [5, 5.41) is 6.44. The fourth-order valence-corrected chi connectivity index (χ4v) is 4.12. The molecule has 1 saturated heterocycles. The van der Waals surface area contributed by atoms with Crippen molar-refractivity contribution in [3.63, 3.8) is 0 Å². The number of hydrogen-bond acceptors (Lipinski definition) is 4. The van der Waals surface area contributed by atoms with Crippen molar-refractivity contribution in [3.05, 3.63) is 23.8 Å². The van der Waals surface area contributed by atoms with Crippen LogP contribution in [-0.4, -0.2) is 62.5 Å². The van der Waals surface area contributed by atoms with Crippen molar-refractivity contribution in [1.29, 1.82) is 0 Å². The summed E-state index contributed by atoms with van der Waals surface area (Å²) in [4.78, 5) is 6.04. The number of aliphatic imine (C=N–C) groups is 1. The zero-order valence-corrected chi connectivity index (χ0v) is 18.3. The van der Waals surface area contributed by atoms with Gasteiger partial charge in [0.2, 0.25) is 0 Å². The Morgan fingerprint density at radius 1 is 1.19 bits per heavy atom. The molecule has 1 aliphatic heterocycles. The standard InChI is InChI=1S/C22H33F3N4O2/c1-3-26-21(28-17-10-11-29(14-17)15-22(23,24)25)27-13-16-8-9-19(20(12-16)30-2)31-18-6-4-5-7-18/h8-9,12,17-18H,3-7,10-11,13-15H2,1-2H3,(H2,26,27,28). The van der Waals surface area contributed by atoms with Gasteiger partial charge in [0, 0.05) is 25.7 Å². The van der Waals surface area contributed by atoms with E-state index >= 15 is 0 Å². The number of alkyl halides is 3. The lowest BCUT2D eigenvalue weighted by Gasteiger charge is -2.20. The Morgan fingerprint density at radius 3 is 2.65 bits per heavy atom. The van der Waals surface area contributed by atoms with E-state index in [1.165, 1.54) is 17.7 Å². The van der Waals surface area contributed by atoms with Gasteiger partial charge >= 0.3 is 6.18 Å². The first-order chi connectivity index (χ1) is 14.9. The van der Waals surface area contributed by atoms with Gasteiger partial charge in [-0.1, -0.05) is 6.07 Å². The molecule has 3 rings (SSSR count). The third kappa shape index (κ3) is 7.48. The number of methoxy groups -OCH3 is 1. The quantitative estimate of drug-likeness (QED) is 0.475. The summed E-state index contributed by atoms with van der Waals surface area (Å²) in [5.41, 5.74) is 0.970. The van der Waals surface area contributed by atoms with E-state index in [4.69, 9.17) is 9.47 Å². The maximum atomic E-state index is 12.6. The Morgan fingerprint density at radius 2 is 1.97 bits per heavy atom. The van der Waals surface area contributed by atoms with E-state index in [1.54, 1.807) is 7.11 Å². The van der Waals surface area contributed by atoms with Crippen LogP contribution in [0.15, 0.2) is 23.2 Å². The maximum absolute atomic E-state index is 12.6. The second-order valence-electron chi connectivity index (χ2n) is 8.18. The lowest BCUT2D eigenvalue weighted by Crippen LogP contribution is -2.45. The van der Waals surface area contributed by atoms with Crippen LogP contribution in [-0.2, 0) is 6.54 Å². The van der Waals surface area contributed by atoms with Crippen molar-refractivity contribution in [2.75, 3.05) is 33.3 Å². The summed E-state index contributed by atoms with van der Waals surface area (Å²) < 4.78 is 49.4. The number of likely N-dealkylation sites (tertiary alicyclic amines) is 1. The molecule has 0 bridgehead atoms. The molecule has 1 saturated carbocycles. The molecule has 1 atom stereocenters. The SMILES string of the molecule is CCNC(=NCc1ccc(OC2CCCC2)c(OC)c1)NC1CCN(CC(F)(F)F)C1. The second-order valence-corrected chi connectivity index (χ2v) is 8.18. The van der Waals surface area contributed by atoms with Crippen LogP contribution in [0, 0.1) is 0 Å². The first kappa shape index (κ1) is 23.5. The Bertz CT molecular complexity index is 736. The second kappa shape index (κ2) is 10.9. The minimum absolute atomic E-state index is 0.0585. The molecular weight excluding hydrogens is 409 g/mol. The average Bonchev–Trinajstić information content (AvgIpc) is 3.38. The number of hydrogen-bond donors (Lipinski definition) is 2. The monoisotopic (exact) mass is 442 g/mol. The highest BCUT2D eigenvalue weighted by Crippen LogP contribution is 2.32. The van der Waals surface area contributed by atoms with Gasteiger partial charge in [0.1, 0.15) is 0 Å². The van der Waals surface area contributed by atoms with E-state index in [1.807, 2.05) is 25.1 Å². The van der Waals surface area contributed by atoms with Gasteiger partial charge in [-0.05, 0) is 56.7 Å². The van der Waals surface area contributed by atoms with E-state index in [-0.39, 0.29) is 12.1 Å². The van der Waals surface area contributed by atoms with E-state index in [9.17, 15) is 13.2 Å². The fraction of sp³-hybridized carbons (Fsp3) is 0.682. The molecule has 6 nitrogen and oxygen atoms in total. The number of benzene rings is 1. The Balaban J connectivity index is 1.58. The molecule has 1 aliphatic carbocycles. The van der Waals surface area contributed by atoms with Crippen LogP contribution in [0.2, 0.25) is 0 Å². The van der Waals surface area contributed by atoms with Gasteiger partial charge in [-0.3, -0.25) is 4.90 Å². The highest BCUT2D eigenvalue weighted by atomic mass is 19.4. The smallest absolute Gasteiger partial charge is 0.401 e. The predicted molar refractivity (Wildman–Crippen MR) is 115 cm³/mol. The molecular formula is C22H33F3N4O2. The highest BCUT2D eigenvalue weighted by Gasteiger charge is 2.34. The topological polar surface area (TPSA) is 58.1 Å². The van der Waals surface area contributed by atoms with Crippen molar-refractivity contribution in [2.45, 2.75) is 63.9 Å². The zero-order valence-electron chi connectivity index (χ0n) is 18.3. The molecule has 1 heterocycles. The number of halogens is 3. The number of guanidine groups is 1. The molecule has 2 N–H and O–H groups in total. The van der Waals surface area contributed by atoms with Crippen molar-refractivity contribution in [3.8, 4) is 11.5 Å². The van der Waals surface area contributed by atoms with Crippen molar-refractivity contribution < 1.29 is 22.6 Å². The van der Waals surface area contributed by atoms with Gasteiger partial charge in [-0.15, -0.1) is 0 Å². The van der Waals surface area contributed by atoms with E-state index in [0.29, 0.717) is 44.3 Å². The van der Waals surface area contributed by atoms with Crippen LogP contribution in [0.5, 0.6) is 11.5 Å². The summed E-state index contributed by atoms with van der Waals surface area (Å²) >= 11 is 0. The zero-order chi connectivity index (χ0) is 22.3. The van der Waals surface area contributed by atoms with Crippen LogP contribution < -0.4 is 20.1 Å². The van der Waals surface area contributed by atoms with Gasteiger partial charge < -0.3 is 20.1 Å². The highest BCUT2D eigenvalue weighted by molar-refractivity contribution is 5.80. The molecule has 174 valence electrons. The van der Waals surface area contributed by atoms with Crippen molar-refractivity contribution >= 4 is 5.96 Å². The van der Waals surface area contributed by atoms with Crippen LogP contribution in [0.1, 0.15) is 44.6 Å². The molecule has 0 radical (unpaired) electrons. The molecule has 1 aromatic carbocycles. The molecule has 2 fully saturated rings. The lowest BCUT2D eigenvalue weighted by molar-refractivity contribution is -0.143. The number of nitrogens with zero attached hydrogens (tertiary/aromatic N) is 2. The van der Waals surface area contributed by atoms with E-state index in [2.05, 4.69) is 15.6 Å². The lowest BCUT2D eigenvalue weighted by atomic mass is 10.2. The first-order valence-corrected chi connectivity index (χ1v) is 11.0. The van der Waals surface area contributed by atoms with Gasteiger partial charge in [-0.2, -0.15) is 13.2 Å². The number of nitrogens with one attached hydrogen (secondary N) is 2. The van der Waals surface area contributed by atoms with Gasteiger partial charge in [0.25, 0.3) is 0 Å². The molecule has 0 amide bonds. The summed E-state index contributed by atoms with van der Waals surface area (Å²) in [7, 11) is 1.63. The van der Waals surface area contributed by atoms with Crippen LogP contribution >= 0.6 is 0 Å². The molecule has 2 aliphatic rings. The summed E-state index contributed by atoms with van der Waals surface area (Å²) in [6.45, 7) is 2.96. The van der Waals surface area contributed by atoms with Crippen molar-refractivity contribution in [2.24, 2.45) is 4.99 Å². The fourth-order valence-electron chi connectivity index (χ4n) is 4.12. The summed E-state index contributed by atoms with van der Waals surface area (Å²) in [5.74, 6) is 2.05. The normalized spacial score (nSPS) is 20.8. The molecule has 9 heteroatoms. The van der Waals surface area contributed by atoms with Crippen LogP contribution in [0.3, 0.4) is 0 Å². The van der Waals surface area contributed by atoms with E-state index < -0.39 is 12.7 Å². The molecule has 1 unspecified atom stereocenters. The average molecular weight is 443 g/mol. The predicted octanol–water partition coefficient (Wildman–Crippen LogP) is 3.71. The Labute approximate surface area is 182 Å². The van der Waals surface area contributed by atoms with Crippen LogP contribution in [0.4, 0.5) is 13.2 Å². The first-order valence-electron chi connectivity index (χ1n) is 11.0. The number of rotatable bonds is 8. The third-order valence-electron chi connectivity index (χ3n) is 5.60. The van der Waals surface area contributed by atoms with Gasteiger partial charge in [-0.25, -0.2) is 4.99 Å². The van der Waals surface area contributed by atoms with Gasteiger partial charge in [0.05, 0.1) is 26.3 Å². The third-order valence-corrected chi connectivity index (χ3v) is 5.60. The summed E-state index contributed by atoms with van der Waals surface area (Å²) in [6.07, 6.45) is 1.31. The molecule has 31 heavy (non-hydrogen) atoms. The minimum atomic E-state index is -4.17. The minimum Gasteiger partial charge on any atom is -0.493 e. The summed E-state index contributed by atoms with van der Waals surface area (Å²) in [6, 6.07) is 5.77. The molecule has 1 aromatic rings. The van der Waals surface area contributed by atoms with Crippen LogP contribution in [0.25, 0.3) is 0 Å². The van der Waals surface area contributed by atoms with Gasteiger partial charge in [0.15, 0.2) is 17.5 Å². The molecule has 0 spiro atoms. The molecule has 0 aromatic heterocycles.